The highest BCUT2D eigenvalue weighted by Crippen LogP contribution is 2.45. The monoisotopic (exact) mass is 316 g/mol. The number of esters is 1. The molecule has 0 aliphatic heterocycles. The summed E-state index contributed by atoms with van der Waals surface area (Å²) in [6.45, 7) is 7.82. The van der Waals surface area contributed by atoms with E-state index in [4.69, 9.17) is 16.3 Å². The Kier molecular flexibility index (Phi) is 6.11. The molecule has 0 spiro atoms. The van der Waals surface area contributed by atoms with Crippen LogP contribution in [0.1, 0.15) is 66.2 Å². The maximum atomic E-state index is 14.5. The number of carbonyl (C=O) groups excluding carboxylic acids is 1. The van der Waals surface area contributed by atoms with Crippen molar-refractivity contribution in [1.82, 2.24) is 0 Å². The van der Waals surface area contributed by atoms with Crippen molar-refractivity contribution in [1.29, 1.82) is 0 Å². The Hall–Kier alpha value is -0.750. The molecule has 1 aliphatic carbocycles. The van der Waals surface area contributed by atoms with Crippen molar-refractivity contribution in [3.05, 3.63) is 0 Å². The average Bonchev–Trinajstić information content (AvgIpc) is 2.37. The number of ether oxygens (including phenoxy) is 1. The van der Waals surface area contributed by atoms with Gasteiger partial charge in [0.15, 0.2) is 0 Å². The van der Waals surface area contributed by atoms with Crippen LogP contribution in [-0.4, -0.2) is 17.7 Å². The molecule has 0 aromatic carbocycles. The maximum Gasteiger partial charge on any atom is 0.359 e. The fourth-order valence-corrected chi connectivity index (χ4v) is 2.94. The van der Waals surface area contributed by atoms with Gasteiger partial charge in [-0.2, -0.15) is 0 Å². The van der Waals surface area contributed by atoms with Crippen LogP contribution in [0.3, 0.4) is 0 Å². The molecular formula is C17H26ClFO2. The first-order valence-electron chi connectivity index (χ1n) is 7.70. The Morgan fingerprint density at radius 2 is 1.86 bits per heavy atom. The fourth-order valence-electron chi connectivity index (χ4n) is 2.63. The van der Waals surface area contributed by atoms with Crippen molar-refractivity contribution >= 4 is 17.6 Å². The molecule has 1 rings (SSSR count). The minimum atomic E-state index is -2.49. The highest BCUT2D eigenvalue weighted by Gasteiger charge is 2.46. The quantitative estimate of drug-likeness (QED) is 0.421. The lowest BCUT2D eigenvalue weighted by Crippen LogP contribution is -2.38. The van der Waals surface area contributed by atoms with Crippen molar-refractivity contribution in [2.45, 2.75) is 71.3 Å². The molecule has 0 radical (unpaired) electrons. The highest BCUT2D eigenvalue weighted by atomic mass is 35.5. The first kappa shape index (κ1) is 18.3. The molecule has 1 atom stereocenters. The zero-order valence-electron chi connectivity index (χ0n) is 13.5. The predicted octanol–water partition coefficient (Wildman–Crippen LogP) is 4.84. The third-order valence-electron chi connectivity index (χ3n) is 3.65. The van der Waals surface area contributed by atoms with Gasteiger partial charge in [-0.3, -0.25) is 0 Å². The van der Waals surface area contributed by atoms with Crippen LogP contribution in [0.25, 0.3) is 0 Å². The van der Waals surface area contributed by atoms with Crippen LogP contribution in [-0.2, 0) is 9.53 Å². The van der Waals surface area contributed by atoms with E-state index in [0.29, 0.717) is 0 Å². The summed E-state index contributed by atoms with van der Waals surface area (Å²) in [6, 6.07) is 0. The van der Waals surface area contributed by atoms with E-state index < -0.39 is 16.5 Å². The van der Waals surface area contributed by atoms with Crippen LogP contribution >= 0.6 is 11.6 Å². The van der Waals surface area contributed by atoms with E-state index in [9.17, 15) is 9.18 Å². The van der Waals surface area contributed by atoms with Gasteiger partial charge in [0.1, 0.15) is 0 Å². The van der Waals surface area contributed by atoms with E-state index in [1.807, 2.05) is 20.8 Å². The van der Waals surface area contributed by atoms with Gasteiger partial charge in [0.05, 0.1) is 6.61 Å². The van der Waals surface area contributed by atoms with Gasteiger partial charge in [-0.1, -0.05) is 42.7 Å². The molecule has 1 fully saturated rings. The van der Waals surface area contributed by atoms with Gasteiger partial charge in [0.2, 0.25) is 0 Å². The Labute approximate surface area is 132 Å². The standard InChI is InChI=1S/C17H26ClFO2/c1-5-21-14(20)17(18,19)13-16(9-7-6-8-10-16)12-11-15(2,3)4/h5-10,13H2,1-4H3. The van der Waals surface area contributed by atoms with E-state index in [-0.39, 0.29) is 18.4 Å². The van der Waals surface area contributed by atoms with Gasteiger partial charge < -0.3 is 4.74 Å². The van der Waals surface area contributed by atoms with Crippen molar-refractivity contribution in [3.63, 3.8) is 0 Å². The molecule has 120 valence electrons. The molecule has 1 unspecified atom stereocenters. The lowest BCUT2D eigenvalue weighted by atomic mass is 9.70. The number of halogens is 2. The normalized spacial score (nSPS) is 20.9. The summed E-state index contributed by atoms with van der Waals surface area (Å²) in [5, 5.41) is -2.49. The van der Waals surface area contributed by atoms with E-state index >= 15 is 0 Å². The Morgan fingerprint density at radius 1 is 1.29 bits per heavy atom. The van der Waals surface area contributed by atoms with E-state index in [1.165, 1.54) is 0 Å². The molecule has 0 saturated heterocycles. The average molecular weight is 317 g/mol. The minimum absolute atomic E-state index is 0.0938. The second kappa shape index (κ2) is 7.01. The molecule has 2 nitrogen and oxygen atoms in total. The summed E-state index contributed by atoms with van der Waals surface area (Å²) < 4.78 is 19.3. The Bertz CT molecular complexity index is 420. The summed E-state index contributed by atoms with van der Waals surface area (Å²) in [5.74, 6) is 5.45. The summed E-state index contributed by atoms with van der Waals surface area (Å²) >= 11 is 5.83. The topological polar surface area (TPSA) is 26.3 Å². The van der Waals surface area contributed by atoms with Gasteiger partial charge in [-0.25, -0.2) is 9.18 Å². The summed E-state index contributed by atoms with van der Waals surface area (Å²) in [5.41, 5.74) is -0.672. The summed E-state index contributed by atoms with van der Waals surface area (Å²) in [7, 11) is 0. The largest absolute Gasteiger partial charge is 0.463 e. The third kappa shape index (κ3) is 5.87. The zero-order valence-corrected chi connectivity index (χ0v) is 14.3. The van der Waals surface area contributed by atoms with Crippen molar-refractivity contribution in [2.75, 3.05) is 6.61 Å². The maximum absolute atomic E-state index is 14.5. The lowest BCUT2D eigenvalue weighted by Gasteiger charge is -2.35. The van der Waals surface area contributed by atoms with Gasteiger partial charge in [0.25, 0.3) is 5.13 Å². The van der Waals surface area contributed by atoms with Gasteiger partial charge in [-0.15, -0.1) is 0 Å². The van der Waals surface area contributed by atoms with Crippen LogP contribution in [0.4, 0.5) is 4.39 Å². The molecule has 0 aromatic rings. The minimum Gasteiger partial charge on any atom is -0.463 e. The molecule has 21 heavy (non-hydrogen) atoms. The second-order valence-corrected chi connectivity index (χ2v) is 7.54. The van der Waals surface area contributed by atoms with Gasteiger partial charge >= 0.3 is 5.97 Å². The first-order valence-corrected chi connectivity index (χ1v) is 8.07. The smallest absolute Gasteiger partial charge is 0.359 e. The van der Waals surface area contributed by atoms with Crippen LogP contribution in [0, 0.1) is 22.7 Å². The summed E-state index contributed by atoms with van der Waals surface area (Å²) in [4.78, 5) is 11.7. The Balaban J connectivity index is 2.97. The number of alkyl halides is 2. The number of rotatable bonds is 4. The molecule has 1 aliphatic rings. The summed E-state index contributed by atoms with van der Waals surface area (Å²) in [6.07, 6.45) is 4.59. The molecule has 0 aromatic heterocycles. The van der Waals surface area contributed by atoms with Crippen molar-refractivity contribution in [3.8, 4) is 11.8 Å². The van der Waals surface area contributed by atoms with Crippen LogP contribution in [0.2, 0.25) is 0 Å². The molecular weight excluding hydrogens is 291 g/mol. The molecule has 0 bridgehead atoms. The van der Waals surface area contributed by atoms with Gasteiger partial charge in [0, 0.05) is 17.3 Å². The molecule has 0 heterocycles. The molecule has 1 saturated carbocycles. The number of carbonyl (C=O) groups is 1. The first-order chi connectivity index (χ1) is 9.60. The fraction of sp³-hybridized carbons (Fsp3) is 0.824. The van der Waals surface area contributed by atoms with E-state index in [1.54, 1.807) is 6.92 Å². The van der Waals surface area contributed by atoms with Crippen molar-refractivity contribution in [2.24, 2.45) is 10.8 Å². The van der Waals surface area contributed by atoms with Crippen LogP contribution in [0.15, 0.2) is 0 Å². The third-order valence-corrected chi connectivity index (χ3v) is 3.94. The number of hydrogen-bond donors (Lipinski definition) is 0. The van der Waals surface area contributed by atoms with E-state index in [2.05, 4.69) is 11.8 Å². The predicted molar refractivity (Wildman–Crippen MR) is 83.7 cm³/mol. The molecule has 0 N–H and O–H groups in total. The van der Waals surface area contributed by atoms with Crippen LogP contribution < -0.4 is 0 Å². The lowest BCUT2D eigenvalue weighted by molar-refractivity contribution is -0.153. The van der Waals surface area contributed by atoms with Crippen LogP contribution in [0.5, 0.6) is 0 Å². The second-order valence-electron chi connectivity index (χ2n) is 6.94. The highest BCUT2D eigenvalue weighted by molar-refractivity contribution is 6.32. The van der Waals surface area contributed by atoms with E-state index in [0.717, 1.165) is 32.1 Å². The van der Waals surface area contributed by atoms with Crippen molar-refractivity contribution < 1.29 is 13.9 Å². The van der Waals surface area contributed by atoms with Gasteiger partial charge in [-0.05, 0) is 40.5 Å². The number of hydrogen-bond acceptors (Lipinski definition) is 2. The Morgan fingerprint density at radius 3 is 2.33 bits per heavy atom. The molecule has 4 heteroatoms. The SMILES string of the molecule is CCOC(=O)C(F)(Cl)CC1(C#CC(C)(C)C)CCCCC1. The molecule has 0 amide bonds. The zero-order chi connectivity index (χ0) is 16.1.